The van der Waals surface area contributed by atoms with Crippen LogP contribution in [0.2, 0.25) is 0 Å². The van der Waals surface area contributed by atoms with Gasteiger partial charge < -0.3 is 19.7 Å². The fourth-order valence-electron chi connectivity index (χ4n) is 2.31. The van der Waals surface area contributed by atoms with E-state index in [-0.39, 0.29) is 17.3 Å². The first-order valence-corrected chi connectivity index (χ1v) is 9.25. The van der Waals surface area contributed by atoms with Gasteiger partial charge in [-0.25, -0.2) is 4.79 Å². The third kappa shape index (κ3) is 7.78. The molecule has 1 aromatic carbocycles. The number of amides is 1. The minimum atomic E-state index is -0.723. The summed E-state index contributed by atoms with van der Waals surface area (Å²) in [5, 5.41) is 16.7. The largest absolute Gasteiger partial charge is 0.493 e. The average molecular weight is 395 g/mol. The van der Waals surface area contributed by atoms with Gasteiger partial charge in [-0.3, -0.25) is 20.4 Å². The summed E-state index contributed by atoms with van der Waals surface area (Å²) in [6.45, 7) is 9.35. The van der Waals surface area contributed by atoms with E-state index < -0.39 is 11.0 Å². The van der Waals surface area contributed by atoms with Crippen LogP contribution < -0.4 is 15.4 Å². The van der Waals surface area contributed by atoms with Crippen molar-refractivity contribution in [3.63, 3.8) is 0 Å². The Kier molecular flexibility index (Phi) is 10.3. The van der Waals surface area contributed by atoms with Crippen molar-refractivity contribution in [2.24, 2.45) is 4.99 Å². The zero-order valence-corrected chi connectivity index (χ0v) is 16.9. The first kappa shape index (κ1) is 23.2. The third-order valence-electron chi connectivity index (χ3n) is 3.88. The predicted molar refractivity (Wildman–Crippen MR) is 108 cm³/mol. The summed E-state index contributed by atoms with van der Waals surface area (Å²) in [4.78, 5) is 29.0. The lowest BCUT2D eigenvalue weighted by Crippen LogP contribution is -2.37. The maximum Gasteiger partial charge on any atom is 0.413 e. The molecule has 0 bridgehead atoms. The van der Waals surface area contributed by atoms with Crippen LogP contribution in [0, 0.1) is 10.1 Å². The summed E-state index contributed by atoms with van der Waals surface area (Å²) >= 11 is 0. The van der Waals surface area contributed by atoms with Gasteiger partial charge in [-0.2, -0.15) is 0 Å². The number of benzene rings is 1. The molecule has 2 N–H and O–H groups in total. The number of likely N-dealkylation sites (N-methyl/N-ethyl adjacent to an activating group) is 1. The molecule has 0 aliphatic carbocycles. The monoisotopic (exact) mass is 395 g/mol. The summed E-state index contributed by atoms with van der Waals surface area (Å²) in [7, 11) is 1.23. The van der Waals surface area contributed by atoms with Gasteiger partial charge in [0.05, 0.1) is 31.3 Å². The topological polar surface area (TPSA) is 118 Å². The zero-order valence-electron chi connectivity index (χ0n) is 16.9. The molecular weight excluding hydrogens is 366 g/mol. The Hall–Kier alpha value is -2.88. The minimum Gasteiger partial charge on any atom is -0.493 e. The van der Waals surface area contributed by atoms with E-state index in [0.717, 1.165) is 19.5 Å². The summed E-state index contributed by atoms with van der Waals surface area (Å²) in [5.41, 5.74) is 0.00329. The van der Waals surface area contributed by atoms with Crippen molar-refractivity contribution in [3.8, 4) is 5.75 Å². The number of guanidine groups is 1. The van der Waals surface area contributed by atoms with E-state index in [1.807, 2.05) is 20.8 Å². The Morgan fingerprint density at radius 3 is 2.57 bits per heavy atom. The second-order valence-electron chi connectivity index (χ2n) is 5.78. The van der Waals surface area contributed by atoms with Gasteiger partial charge in [-0.15, -0.1) is 0 Å². The molecule has 1 amide bonds. The van der Waals surface area contributed by atoms with Gasteiger partial charge in [0.15, 0.2) is 0 Å². The summed E-state index contributed by atoms with van der Waals surface area (Å²) in [6.07, 6.45) is 0.0693. The van der Waals surface area contributed by atoms with Crippen molar-refractivity contribution < 1.29 is 19.2 Å². The smallest absolute Gasteiger partial charge is 0.413 e. The molecule has 0 atom stereocenters. The third-order valence-corrected chi connectivity index (χ3v) is 3.88. The molecule has 156 valence electrons. The number of nitro groups is 1. The molecule has 10 heteroatoms. The van der Waals surface area contributed by atoms with Gasteiger partial charge in [0, 0.05) is 6.54 Å². The first-order valence-electron chi connectivity index (χ1n) is 9.25. The standard InChI is InChI=1S/C18H29N5O5/c1-5-12-28-14-8-9-15(16(13-14)23(25)26)20-17(21-18(24)27-4)19-10-11-22(6-2)7-3/h8-9,13H,5-7,10-12H2,1-4H3,(H2,19,20,21,24). The number of carbonyl (C=O) groups is 1. The van der Waals surface area contributed by atoms with Crippen LogP contribution in [-0.2, 0) is 4.74 Å². The molecule has 0 saturated carbocycles. The van der Waals surface area contributed by atoms with Crippen molar-refractivity contribution in [1.29, 1.82) is 0 Å². The van der Waals surface area contributed by atoms with Crippen molar-refractivity contribution in [2.45, 2.75) is 27.2 Å². The number of hydrogen-bond acceptors (Lipinski definition) is 7. The van der Waals surface area contributed by atoms with Crippen LogP contribution in [0.4, 0.5) is 16.2 Å². The molecule has 1 rings (SSSR count). The van der Waals surface area contributed by atoms with Crippen LogP contribution in [0.15, 0.2) is 23.2 Å². The maximum atomic E-state index is 11.6. The lowest BCUT2D eigenvalue weighted by molar-refractivity contribution is -0.384. The van der Waals surface area contributed by atoms with E-state index in [1.165, 1.54) is 19.2 Å². The van der Waals surface area contributed by atoms with Crippen LogP contribution in [0.5, 0.6) is 5.75 Å². The molecule has 0 aromatic heterocycles. The average Bonchev–Trinajstić information content (AvgIpc) is 2.69. The SMILES string of the molecule is CCCOc1ccc(NC(=NCCN(CC)CC)NC(=O)OC)c([N+](=O)[O-])c1. The van der Waals surface area contributed by atoms with Crippen LogP contribution in [-0.4, -0.2) is 61.8 Å². The van der Waals surface area contributed by atoms with E-state index in [9.17, 15) is 14.9 Å². The Balaban J connectivity index is 3.02. The Labute approximate surface area is 165 Å². The molecule has 0 heterocycles. The number of anilines is 1. The Morgan fingerprint density at radius 2 is 2.00 bits per heavy atom. The second kappa shape index (κ2) is 12.5. The van der Waals surface area contributed by atoms with Gasteiger partial charge in [-0.1, -0.05) is 20.8 Å². The highest BCUT2D eigenvalue weighted by Gasteiger charge is 2.18. The number of nitro benzene ring substituents is 1. The second-order valence-corrected chi connectivity index (χ2v) is 5.78. The molecule has 0 radical (unpaired) electrons. The Bertz CT molecular complexity index is 676. The van der Waals surface area contributed by atoms with Gasteiger partial charge >= 0.3 is 6.09 Å². The number of aliphatic imine (C=N–C) groups is 1. The van der Waals surface area contributed by atoms with Crippen molar-refractivity contribution in [3.05, 3.63) is 28.3 Å². The summed E-state index contributed by atoms with van der Waals surface area (Å²) < 4.78 is 10.0. The van der Waals surface area contributed by atoms with Gasteiger partial charge in [0.1, 0.15) is 11.4 Å². The summed E-state index contributed by atoms with van der Waals surface area (Å²) in [6, 6.07) is 4.47. The number of rotatable bonds is 10. The van der Waals surface area contributed by atoms with Crippen LogP contribution in [0.25, 0.3) is 0 Å². The molecule has 0 spiro atoms. The Morgan fingerprint density at radius 1 is 1.29 bits per heavy atom. The van der Waals surface area contributed by atoms with E-state index in [2.05, 4.69) is 25.3 Å². The number of hydrogen-bond donors (Lipinski definition) is 2. The number of nitrogens with one attached hydrogen (secondary N) is 2. The van der Waals surface area contributed by atoms with E-state index in [4.69, 9.17) is 4.74 Å². The molecule has 0 saturated heterocycles. The fourth-order valence-corrected chi connectivity index (χ4v) is 2.31. The van der Waals surface area contributed by atoms with E-state index in [1.54, 1.807) is 6.07 Å². The molecular formula is C18H29N5O5. The van der Waals surface area contributed by atoms with Crippen molar-refractivity contribution >= 4 is 23.4 Å². The molecule has 0 fully saturated rings. The van der Waals surface area contributed by atoms with Crippen molar-refractivity contribution in [2.75, 3.05) is 45.2 Å². The quantitative estimate of drug-likeness (QED) is 0.271. The van der Waals surface area contributed by atoms with Gasteiger partial charge in [0.2, 0.25) is 5.96 Å². The molecule has 0 aliphatic heterocycles. The molecule has 28 heavy (non-hydrogen) atoms. The minimum absolute atomic E-state index is 0.0735. The number of methoxy groups -OCH3 is 1. The van der Waals surface area contributed by atoms with Gasteiger partial charge in [0.25, 0.3) is 5.69 Å². The molecule has 10 nitrogen and oxygen atoms in total. The van der Waals surface area contributed by atoms with Crippen molar-refractivity contribution in [1.82, 2.24) is 10.2 Å². The lowest BCUT2D eigenvalue weighted by atomic mass is 10.2. The van der Waals surface area contributed by atoms with Crippen LogP contribution >= 0.6 is 0 Å². The predicted octanol–water partition coefficient (Wildman–Crippen LogP) is 2.85. The fraction of sp³-hybridized carbons (Fsp3) is 0.556. The van der Waals surface area contributed by atoms with Crippen LogP contribution in [0.1, 0.15) is 27.2 Å². The number of alkyl carbamates (subject to hydrolysis) is 1. The summed E-state index contributed by atoms with van der Waals surface area (Å²) in [5.74, 6) is 0.476. The van der Waals surface area contributed by atoms with E-state index >= 15 is 0 Å². The molecule has 0 unspecified atom stereocenters. The highest BCUT2D eigenvalue weighted by molar-refractivity contribution is 6.03. The zero-order chi connectivity index (χ0) is 20.9. The number of ether oxygens (including phenoxy) is 2. The highest BCUT2D eigenvalue weighted by atomic mass is 16.6. The normalized spacial score (nSPS) is 11.2. The van der Waals surface area contributed by atoms with Gasteiger partial charge in [-0.05, 0) is 31.6 Å². The number of carbonyl (C=O) groups excluding carboxylic acids is 1. The lowest BCUT2D eigenvalue weighted by Gasteiger charge is -2.17. The highest BCUT2D eigenvalue weighted by Crippen LogP contribution is 2.29. The first-order chi connectivity index (χ1) is 13.4. The van der Waals surface area contributed by atoms with E-state index in [0.29, 0.717) is 25.4 Å². The molecule has 1 aromatic rings. The maximum absolute atomic E-state index is 11.6. The molecule has 0 aliphatic rings. The van der Waals surface area contributed by atoms with Crippen LogP contribution in [0.3, 0.4) is 0 Å². The number of nitrogens with zero attached hydrogens (tertiary/aromatic N) is 3.